The number of halogens is 1. The lowest BCUT2D eigenvalue weighted by atomic mass is 9.85. The van der Waals surface area contributed by atoms with Crippen molar-refractivity contribution < 1.29 is 14.0 Å². The third-order valence-electron chi connectivity index (χ3n) is 6.28. The van der Waals surface area contributed by atoms with Gasteiger partial charge >= 0.3 is 0 Å². The van der Waals surface area contributed by atoms with Crippen molar-refractivity contribution in [2.24, 2.45) is 5.92 Å². The van der Waals surface area contributed by atoms with E-state index in [0.717, 1.165) is 38.5 Å². The van der Waals surface area contributed by atoms with Crippen molar-refractivity contribution in [3.05, 3.63) is 54.0 Å². The zero-order valence-corrected chi connectivity index (χ0v) is 17.1. The average molecular weight is 410 g/mol. The van der Waals surface area contributed by atoms with Crippen molar-refractivity contribution in [1.82, 2.24) is 15.6 Å². The van der Waals surface area contributed by atoms with E-state index in [-0.39, 0.29) is 29.6 Å². The molecule has 1 aromatic heterocycles. The van der Waals surface area contributed by atoms with Gasteiger partial charge < -0.3 is 10.6 Å². The van der Waals surface area contributed by atoms with Crippen LogP contribution in [0.5, 0.6) is 0 Å². The Balaban J connectivity index is 1.27. The normalized spacial score (nSPS) is 21.9. The molecule has 1 aromatic carbocycles. The van der Waals surface area contributed by atoms with Gasteiger partial charge in [-0.1, -0.05) is 25.0 Å². The molecule has 2 saturated carbocycles. The molecule has 30 heavy (non-hydrogen) atoms. The maximum Gasteiger partial charge on any atom is 0.253 e. The van der Waals surface area contributed by atoms with E-state index in [4.69, 9.17) is 0 Å². The highest BCUT2D eigenvalue weighted by Crippen LogP contribution is 2.26. The minimum atomic E-state index is -0.316. The highest BCUT2D eigenvalue weighted by atomic mass is 19.1. The van der Waals surface area contributed by atoms with E-state index < -0.39 is 0 Å². The number of hydrogen-bond donors (Lipinski definition) is 2. The molecular weight excluding hydrogens is 381 g/mol. The minimum absolute atomic E-state index is 0.0611. The molecule has 0 bridgehead atoms. The van der Waals surface area contributed by atoms with Gasteiger partial charge in [0.2, 0.25) is 5.91 Å². The van der Waals surface area contributed by atoms with Crippen LogP contribution in [-0.4, -0.2) is 28.9 Å². The van der Waals surface area contributed by atoms with Gasteiger partial charge in [-0.3, -0.25) is 14.6 Å². The smallest absolute Gasteiger partial charge is 0.253 e. The summed E-state index contributed by atoms with van der Waals surface area (Å²) in [5, 5.41) is 6.26. The molecule has 6 heteroatoms. The van der Waals surface area contributed by atoms with Gasteiger partial charge in [0.05, 0.1) is 11.3 Å². The van der Waals surface area contributed by atoms with Gasteiger partial charge in [0.15, 0.2) is 0 Å². The molecule has 158 valence electrons. The molecule has 2 aliphatic rings. The van der Waals surface area contributed by atoms with Gasteiger partial charge in [-0.25, -0.2) is 4.39 Å². The van der Waals surface area contributed by atoms with Crippen LogP contribution < -0.4 is 10.6 Å². The Morgan fingerprint density at radius 3 is 2.30 bits per heavy atom. The molecule has 5 nitrogen and oxygen atoms in total. The van der Waals surface area contributed by atoms with Crippen LogP contribution >= 0.6 is 0 Å². The summed E-state index contributed by atoms with van der Waals surface area (Å²) < 4.78 is 13.4. The van der Waals surface area contributed by atoms with Crippen LogP contribution in [0.3, 0.4) is 0 Å². The van der Waals surface area contributed by atoms with E-state index >= 15 is 0 Å². The van der Waals surface area contributed by atoms with Crippen molar-refractivity contribution in [2.75, 3.05) is 0 Å². The number of carbonyl (C=O) groups excluding carboxylic acids is 2. The third kappa shape index (κ3) is 5.04. The third-order valence-corrected chi connectivity index (χ3v) is 6.28. The van der Waals surface area contributed by atoms with Crippen LogP contribution in [0.15, 0.2) is 42.6 Å². The van der Waals surface area contributed by atoms with Crippen LogP contribution in [0.4, 0.5) is 4.39 Å². The molecule has 2 amide bonds. The molecule has 2 N–H and O–H groups in total. The molecule has 0 aliphatic heterocycles. The van der Waals surface area contributed by atoms with E-state index in [1.165, 1.54) is 31.2 Å². The largest absolute Gasteiger partial charge is 0.353 e. The van der Waals surface area contributed by atoms with Crippen LogP contribution in [0, 0.1) is 11.7 Å². The summed E-state index contributed by atoms with van der Waals surface area (Å²) in [6, 6.07) is 10.1. The monoisotopic (exact) mass is 409 g/mol. The number of benzene rings is 1. The molecule has 0 saturated heterocycles. The van der Waals surface area contributed by atoms with Gasteiger partial charge in [0.1, 0.15) is 5.82 Å². The van der Waals surface area contributed by atoms with Gasteiger partial charge in [0, 0.05) is 29.8 Å². The predicted molar refractivity (Wildman–Crippen MR) is 113 cm³/mol. The average Bonchev–Trinajstić information content (AvgIpc) is 3.27. The first-order valence-corrected chi connectivity index (χ1v) is 10.9. The Hall–Kier alpha value is -2.76. The molecule has 0 radical (unpaired) electrons. The van der Waals surface area contributed by atoms with Crippen LogP contribution in [0.1, 0.15) is 61.7 Å². The molecule has 2 fully saturated rings. The fourth-order valence-corrected chi connectivity index (χ4v) is 4.50. The van der Waals surface area contributed by atoms with Crippen LogP contribution in [0.25, 0.3) is 11.3 Å². The summed E-state index contributed by atoms with van der Waals surface area (Å²) in [6.45, 7) is 0. The molecular formula is C24H28FN3O2. The lowest BCUT2D eigenvalue weighted by Gasteiger charge is -2.29. The summed E-state index contributed by atoms with van der Waals surface area (Å²) in [7, 11) is 0. The Labute approximate surface area is 176 Å². The van der Waals surface area contributed by atoms with Gasteiger partial charge in [-0.15, -0.1) is 0 Å². The number of aromatic nitrogens is 1. The van der Waals surface area contributed by atoms with E-state index in [1.807, 2.05) is 0 Å². The zero-order valence-electron chi connectivity index (χ0n) is 17.1. The Morgan fingerprint density at radius 1 is 0.900 bits per heavy atom. The number of rotatable bonds is 5. The summed E-state index contributed by atoms with van der Waals surface area (Å²) in [5.41, 5.74) is 1.78. The number of pyridine rings is 1. The zero-order chi connectivity index (χ0) is 20.9. The fourth-order valence-electron chi connectivity index (χ4n) is 4.50. The first-order chi connectivity index (χ1) is 14.6. The first kappa shape index (κ1) is 20.5. The first-order valence-electron chi connectivity index (χ1n) is 10.9. The second kappa shape index (κ2) is 9.37. The van der Waals surface area contributed by atoms with Crippen LogP contribution in [-0.2, 0) is 4.79 Å². The SMILES string of the molecule is O=C(NC1CCC(C(=O)NC2CCCC2)CC1)c1ccc(-c2cccc(F)c2)nc1. The van der Waals surface area contributed by atoms with E-state index in [0.29, 0.717) is 22.9 Å². The summed E-state index contributed by atoms with van der Waals surface area (Å²) in [4.78, 5) is 29.3. The lowest BCUT2D eigenvalue weighted by Crippen LogP contribution is -2.42. The van der Waals surface area contributed by atoms with E-state index in [2.05, 4.69) is 15.6 Å². The quantitative estimate of drug-likeness (QED) is 0.776. The highest BCUT2D eigenvalue weighted by molar-refractivity contribution is 5.94. The van der Waals surface area contributed by atoms with Gasteiger partial charge in [-0.2, -0.15) is 0 Å². The maximum absolute atomic E-state index is 13.4. The molecule has 2 aliphatic carbocycles. The van der Waals surface area contributed by atoms with Crippen LogP contribution in [0.2, 0.25) is 0 Å². The van der Waals surface area contributed by atoms with Crippen molar-refractivity contribution >= 4 is 11.8 Å². The number of nitrogens with one attached hydrogen (secondary N) is 2. The molecule has 0 unspecified atom stereocenters. The topological polar surface area (TPSA) is 71.1 Å². The Kier molecular flexibility index (Phi) is 6.41. The second-order valence-corrected chi connectivity index (χ2v) is 8.45. The number of carbonyl (C=O) groups is 2. The van der Waals surface area contributed by atoms with Gasteiger partial charge in [-0.05, 0) is 62.8 Å². The number of hydrogen-bond acceptors (Lipinski definition) is 3. The number of amides is 2. The molecule has 0 spiro atoms. The Bertz CT molecular complexity index is 886. The molecule has 0 atom stereocenters. The fraction of sp³-hybridized carbons (Fsp3) is 0.458. The summed E-state index contributed by atoms with van der Waals surface area (Å²) in [5.74, 6) is -0.231. The molecule has 1 heterocycles. The molecule has 4 rings (SSSR count). The standard InChI is InChI=1S/C24H28FN3O2/c25-19-5-3-4-17(14-19)22-13-10-18(15-26-22)24(30)28-21-11-8-16(9-12-21)23(29)27-20-6-1-2-7-20/h3-5,10,13-16,20-21H,1-2,6-9,11-12H2,(H,27,29)(H,28,30). The van der Waals surface area contributed by atoms with E-state index in [1.54, 1.807) is 24.3 Å². The van der Waals surface area contributed by atoms with E-state index in [9.17, 15) is 14.0 Å². The Morgan fingerprint density at radius 2 is 1.63 bits per heavy atom. The summed E-state index contributed by atoms with van der Waals surface area (Å²) in [6.07, 6.45) is 9.37. The second-order valence-electron chi connectivity index (χ2n) is 8.45. The highest BCUT2D eigenvalue weighted by Gasteiger charge is 2.29. The van der Waals surface area contributed by atoms with Crippen molar-refractivity contribution in [3.63, 3.8) is 0 Å². The predicted octanol–water partition coefficient (Wildman–Crippen LogP) is 4.24. The van der Waals surface area contributed by atoms with Crippen molar-refractivity contribution in [1.29, 1.82) is 0 Å². The minimum Gasteiger partial charge on any atom is -0.353 e. The van der Waals surface area contributed by atoms with Gasteiger partial charge in [0.25, 0.3) is 5.91 Å². The van der Waals surface area contributed by atoms with Crippen molar-refractivity contribution in [2.45, 2.75) is 63.5 Å². The van der Waals surface area contributed by atoms with Crippen molar-refractivity contribution in [3.8, 4) is 11.3 Å². The lowest BCUT2D eigenvalue weighted by molar-refractivity contribution is -0.126. The molecule has 2 aromatic rings. The number of nitrogens with zero attached hydrogens (tertiary/aromatic N) is 1. The maximum atomic E-state index is 13.4. The summed E-state index contributed by atoms with van der Waals surface area (Å²) >= 11 is 0.